The summed E-state index contributed by atoms with van der Waals surface area (Å²) >= 11 is 0. The summed E-state index contributed by atoms with van der Waals surface area (Å²) in [5.74, 6) is 0. The van der Waals surface area contributed by atoms with Crippen molar-refractivity contribution in [3.05, 3.63) is 35.9 Å². The summed E-state index contributed by atoms with van der Waals surface area (Å²) < 4.78 is 0. The van der Waals surface area contributed by atoms with Crippen LogP contribution in [-0.2, 0) is 0 Å². The largest absolute Gasteiger partial charge is 0.300 e. The average molecular weight is 247 g/mol. The van der Waals surface area contributed by atoms with Crippen molar-refractivity contribution in [3.63, 3.8) is 0 Å². The highest BCUT2D eigenvalue weighted by Gasteiger charge is 2.25. The van der Waals surface area contributed by atoms with Crippen LogP contribution < -0.4 is 0 Å². The van der Waals surface area contributed by atoms with Crippen LogP contribution in [0.4, 0.5) is 0 Å². The standard InChI is InChI=1S/C8H15N.C7H8.C2H6/c1-2-6-9-7-3-5-8(9)4-1;1-7-5-3-2-4-6-7;1-2/h8H,1-7H2;2-6H,1H3;1-2H3/t8-;;/m0../s1. The van der Waals surface area contributed by atoms with Crippen LogP contribution in [0.2, 0.25) is 0 Å². The van der Waals surface area contributed by atoms with Gasteiger partial charge in [-0.25, -0.2) is 0 Å². The van der Waals surface area contributed by atoms with Gasteiger partial charge in [-0.05, 0) is 45.7 Å². The predicted octanol–water partition coefficient (Wildman–Crippen LogP) is 4.66. The van der Waals surface area contributed by atoms with Gasteiger partial charge in [0.05, 0.1) is 0 Å². The topological polar surface area (TPSA) is 3.24 Å². The summed E-state index contributed by atoms with van der Waals surface area (Å²) in [6, 6.07) is 11.3. The van der Waals surface area contributed by atoms with E-state index in [1.54, 1.807) is 0 Å². The van der Waals surface area contributed by atoms with Crippen LogP contribution >= 0.6 is 0 Å². The number of rotatable bonds is 0. The molecule has 2 fully saturated rings. The maximum atomic E-state index is 2.67. The summed E-state index contributed by atoms with van der Waals surface area (Å²) in [5.41, 5.74) is 1.32. The van der Waals surface area contributed by atoms with Crippen molar-refractivity contribution in [2.24, 2.45) is 0 Å². The molecule has 0 saturated carbocycles. The Morgan fingerprint density at radius 2 is 1.50 bits per heavy atom. The van der Waals surface area contributed by atoms with Crippen LogP contribution in [0.3, 0.4) is 0 Å². The van der Waals surface area contributed by atoms with Crippen LogP contribution in [0.25, 0.3) is 0 Å². The Kier molecular flexibility index (Phi) is 7.75. The minimum Gasteiger partial charge on any atom is -0.300 e. The zero-order valence-corrected chi connectivity index (χ0v) is 12.4. The quantitative estimate of drug-likeness (QED) is 0.644. The Morgan fingerprint density at radius 3 is 2.06 bits per heavy atom. The number of nitrogens with zero attached hydrogens (tertiary/aromatic N) is 1. The van der Waals surface area contributed by atoms with Gasteiger partial charge in [-0.3, -0.25) is 0 Å². The fraction of sp³-hybridized carbons (Fsp3) is 0.647. The molecule has 0 aliphatic carbocycles. The molecule has 1 heteroatoms. The van der Waals surface area contributed by atoms with Crippen molar-refractivity contribution in [3.8, 4) is 0 Å². The van der Waals surface area contributed by atoms with Crippen molar-refractivity contribution < 1.29 is 0 Å². The van der Waals surface area contributed by atoms with Gasteiger partial charge >= 0.3 is 0 Å². The van der Waals surface area contributed by atoms with E-state index < -0.39 is 0 Å². The lowest BCUT2D eigenvalue weighted by Gasteiger charge is -2.28. The Morgan fingerprint density at radius 1 is 0.889 bits per heavy atom. The van der Waals surface area contributed by atoms with Crippen LogP contribution in [0.5, 0.6) is 0 Å². The van der Waals surface area contributed by atoms with E-state index >= 15 is 0 Å². The van der Waals surface area contributed by atoms with E-state index in [-0.39, 0.29) is 0 Å². The molecule has 2 aliphatic heterocycles. The molecule has 1 nitrogen and oxygen atoms in total. The highest BCUT2D eigenvalue weighted by Crippen LogP contribution is 2.25. The maximum Gasteiger partial charge on any atom is 0.00957 e. The molecule has 0 unspecified atom stereocenters. The van der Waals surface area contributed by atoms with Gasteiger partial charge in [0.1, 0.15) is 0 Å². The predicted molar refractivity (Wildman–Crippen MR) is 81.0 cm³/mol. The average Bonchev–Trinajstić information content (AvgIpc) is 2.91. The van der Waals surface area contributed by atoms with Crippen molar-refractivity contribution in [2.45, 2.75) is 58.9 Å². The number of fused-ring (bicyclic) bond motifs is 1. The minimum atomic E-state index is 0.999. The van der Waals surface area contributed by atoms with Crippen molar-refractivity contribution in [2.75, 3.05) is 13.1 Å². The van der Waals surface area contributed by atoms with E-state index in [9.17, 15) is 0 Å². The molecule has 1 aromatic carbocycles. The van der Waals surface area contributed by atoms with Gasteiger partial charge in [-0.15, -0.1) is 0 Å². The summed E-state index contributed by atoms with van der Waals surface area (Å²) in [4.78, 5) is 2.67. The number of hydrogen-bond donors (Lipinski definition) is 0. The van der Waals surface area contributed by atoms with Crippen molar-refractivity contribution in [1.29, 1.82) is 0 Å². The second kappa shape index (κ2) is 9.16. The molecule has 3 rings (SSSR count). The van der Waals surface area contributed by atoms with Gasteiger partial charge in [-0.1, -0.05) is 56.2 Å². The van der Waals surface area contributed by atoms with Gasteiger partial charge < -0.3 is 4.90 Å². The third kappa shape index (κ3) is 5.22. The highest BCUT2D eigenvalue weighted by atomic mass is 15.2. The van der Waals surface area contributed by atoms with Crippen molar-refractivity contribution in [1.82, 2.24) is 4.90 Å². The maximum absolute atomic E-state index is 2.67. The van der Waals surface area contributed by atoms with Gasteiger partial charge in [0.15, 0.2) is 0 Å². The molecular weight excluding hydrogens is 218 g/mol. The molecule has 0 spiro atoms. The highest BCUT2D eigenvalue weighted by molar-refractivity contribution is 5.11. The van der Waals surface area contributed by atoms with Crippen LogP contribution in [0, 0.1) is 6.92 Å². The Bertz CT molecular complexity index is 282. The number of piperidine rings is 1. The van der Waals surface area contributed by atoms with E-state index in [2.05, 4.69) is 24.0 Å². The monoisotopic (exact) mass is 247 g/mol. The second-order valence-corrected chi connectivity index (χ2v) is 4.98. The summed E-state index contributed by atoms with van der Waals surface area (Å²) in [6.07, 6.45) is 7.38. The molecule has 2 aliphatic rings. The first kappa shape index (κ1) is 15.2. The molecule has 0 aromatic heterocycles. The van der Waals surface area contributed by atoms with Crippen LogP contribution in [-0.4, -0.2) is 24.0 Å². The molecule has 18 heavy (non-hydrogen) atoms. The fourth-order valence-corrected chi connectivity index (χ4v) is 2.75. The Balaban J connectivity index is 0.000000163. The molecule has 1 aromatic rings. The molecule has 0 amide bonds. The molecule has 2 saturated heterocycles. The summed E-state index contributed by atoms with van der Waals surface area (Å²) in [5, 5.41) is 0. The lowest BCUT2D eigenvalue weighted by molar-refractivity contribution is 0.198. The number of benzene rings is 1. The van der Waals surface area contributed by atoms with Gasteiger partial charge in [0, 0.05) is 6.04 Å². The van der Waals surface area contributed by atoms with E-state index in [0.29, 0.717) is 0 Å². The number of aryl methyl sites for hydroxylation is 1. The Labute approximate surface area is 113 Å². The molecule has 2 heterocycles. The van der Waals surface area contributed by atoms with E-state index in [1.165, 1.54) is 50.8 Å². The third-order valence-electron chi connectivity index (χ3n) is 3.67. The molecule has 0 bridgehead atoms. The Hall–Kier alpha value is -0.820. The summed E-state index contributed by atoms with van der Waals surface area (Å²) in [7, 11) is 0. The molecule has 102 valence electrons. The van der Waals surface area contributed by atoms with Crippen LogP contribution in [0.1, 0.15) is 51.5 Å². The first-order valence-corrected chi connectivity index (χ1v) is 7.62. The van der Waals surface area contributed by atoms with Gasteiger partial charge in [0.2, 0.25) is 0 Å². The van der Waals surface area contributed by atoms with E-state index in [4.69, 9.17) is 0 Å². The molecular formula is C17H29N. The van der Waals surface area contributed by atoms with E-state index in [0.717, 1.165) is 6.04 Å². The lowest BCUT2D eigenvalue weighted by Crippen LogP contribution is -2.33. The third-order valence-corrected chi connectivity index (χ3v) is 3.67. The van der Waals surface area contributed by atoms with Gasteiger partial charge in [-0.2, -0.15) is 0 Å². The lowest BCUT2D eigenvalue weighted by atomic mass is 10.0. The first-order valence-electron chi connectivity index (χ1n) is 7.62. The molecule has 0 N–H and O–H groups in total. The normalized spacial score (nSPS) is 22.1. The second-order valence-electron chi connectivity index (χ2n) is 4.98. The zero-order chi connectivity index (χ0) is 13.2. The van der Waals surface area contributed by atoms with Gasteiger partial charge in [0.25, 0.3) is 0 Å². The zero-order valence-electron chi connectivity index (χ0n) is 12.4. The smallest absolute Gasteiger partial charge is 0.00957 e. The SMILES string of the molecule is C1CCN2CCC[C@@H]2C1.CC.Cc1ccccc1. The molecule has 0 radical (unpaired) electrons. The summed E-state index contributed by atoms with van der Waals surface area (Å²) in [6.45, 7) is 8.87. The number of hydrogen-bond acceptors (Lipinski definition) is 1. The van der Waals surface area contributed by atoms with E-state index in [1.807, 2.05) is 32.0 Å². The minimum absolute atomic E-state index is 0.999. The fourth-order valence-electron chi connectivity index (χ4n) is 2.75. The first-order chi connectivity index (χ1) is 8.86. The molecule has 1 atom stereocenters. The van der Waals surface area contributed by atoms with Crippen LogP contribution in [0.15, 0.2) is 30.3 Å². The van der Waals surface area contributed by atoms with Crippen molar-refractivity contribution >= 4 is 0 Å².